The fraction of sp³-hybridized carbons (Fsp3) is 0.857. The molecule has 6 heteroatoms. The van der Waals surface area contributed by atoms with Crippen LogP contribution in [-0.2, 0) is 4.79 Å². The van der Waals surface area contributed by atoms with Crippen molar-refractivity contribution in [2.24, 2.45) is 5.92 Å². The van der Waals surface area contributed by atoms with Crippen LogP contribution in [0.2, 0.25) is 0 Å². The lowest BCUT2D eigenvalue weighted by molar-refractivity contribution is -0.144. The molecule has 2 N–H and O–H groups in total. The van der Waals surface area contributed by atoms with E-state index < -0.39 is 11.5 Å². The molecule has 1 fully saturated rings. The van der Waals surface area contributed by atoms with E-state index in [2.05, 4.69) is 17.3 Å². The molecular formula is C14H27N3O3. The minimum atomic E-state index is -1.19. The SMILES string of the molecule is CCCC(C)(NC(=O)N(C)CC1CCN(C)C1)C(=O)O. The summed E-state index contributed by atoms with van der Waals surface area (Å²) in [5, 5.41) is 11.9. The fourth-order valence-corrected chi connectivity index (χ4v) is 2.70. The molecule has 6 nitrogen and oxygen atoms in total. The summed E-state index contributed by atoms with van der Waals surface area (Å²) >= 11 is 0. The van der Waals surface area contributed by atoms with Gasteiger partial charge in [-0.05, 0) is 39.3 Å². The average Bonchev–Trinajstić information content (AvgIpc) is 2.74. The molecule has 1 saturated heterocycles. The molecule has 1 rings (SSSR count). The van der Waals surface area contributed by atoms with Gasteiger partial charge in [0.15, 0.2) is 0 Å². The lowest BCUT2D eigenvalue weighted by Crippen LogP contribution is -2.55. The zero-order valence-corrected chi connectivity index (χ0v) is 13.0. The van der Waals surface area contributed by atoms with Crippen molar-refractivity contribution < 1.29 is 14.7 Å². The van der Waals surface area contributed by atoms with Crippen molar-refractivity contribution in [2.75, 3.05) is 33.7 Å². The Morgan fingerprint density at radius 1 is 1.50 bits per heavy atom. The highest BCUT2D eigenvalue weighted by molar-refractivity contribution is 5.85. The quantitative estimate of drug-likeness (QED) is 0.769. The first kappa shape index (κ1) is 16.8. The maximum atomic E-state index is 12.1. The van der Waals surface area contributed by atoms with Gasteiger partial charge in [-0.25, -0.2) is 9.59 Å². The summed E-state index contributed by atoms with van der Waals surface area (Å²) in [6.07, 6.45) is 2.22. The number of carboxylic acid groups (broad SMARTS) is 1. The van der Waals surface area contributed by atoms with Crippen LogP contribution in [0.25, 0.3) is 0 Å². The summed E-state index contributed by atoms with van der Waals surface area (Å²) in [7, 11) is 3.80. The van der Waals surface area contributed by atoms with Gasteiger partial charge in [-0.1, -0.05) is 13.3 Å². The number of hydrogen-bond donors (Lipinski definition) is 2. The van der Waals surface area contributed by atoms with Crippen LogP contribution in [0.4, 0.5) is 4.79 Å². The number of carbonyl (C=O) groups is 2. The van der Waals surface area contributed by atoms with Crippen LogP contribution in [0.15, 0.2) is 0 Å². The van der Waals surface area contributed by atoms with Crippen molar-refractivity contribution >= 4 is 12.0 Å². The standard InChI is InChI=1S/C14H27N3O3/c1-5-7-14(2,12(18)19)15-13(20)17(4)10-11-6-8-16(3)9-11/h11H,5-10H2,1-4H3,(H,15,20)(H,18,19). The lowest BCUT2D eigenvalue weighted by Gasteiger charge is -2.29. The molecule has 1 heterocycles. The average molecular weight is 285 g/mol. The Balaban J connectivity index is 2.53. The molecule has 0 aromatic heterocycles. The van der Waals surface area contributed by atoms with Gasteiger partial charge >= 0.3 is 12.0 Å². The summed E-state index contributed by atoms with van der Waals surface area (Å²) in [4.78, 5) is 27.3. The summed E-state index contributed by atoms with van der Waals surface area (Å²) in [6, 6.07) is -0.307. The van der Waals surface area contributed by atoms with Crippen molar-refractivity contribution in [3.05, 3.63) is 0 Å². The van der Waals surface area contributed by atoms with Crippen LogP contribution in [0, 0.1) is 5.92 Å². The largest absolute Gasteiger partial charge is 0.480 e. The first-order valence-corrected chi connectivity index (χ1v) is 7.23. The van der Waals surface area contributed by atoms with E-state index in [4.69, 9.17) is 0 Å². The predicted molar refractivity (Wildman–Crippen MR) is 77.7 cm³/mol. The zero-order chi connectivity index (χ0) is 15.3. The minimum Gasteiger partial charge on any atom is -0.480 e. The maximum absolute atomic E-state index is 12.1. The highest BCUT2D eigenvalue weighted by atomic mass is 16.4. The number of carboxylic acids is 1. The molecule has 116 valence electrons. The van der Waals surface area contributed by atoms with E-state index >= 15 is 0 Å². The number of hydrogen-bond acceptors (Lipinski definition) is 3. The zero-order valence-electron chi connectivity index (χ0n) is 13.0. The van der Waals surface area contributed by atoms with E-state index in [1.807, 2.05) is 6.92 Å². The number of amides is 2. The first-order valence-electron chi connectivity index (χ1n) is 7.23. The van der Waals surface area contributed by atoms with Crippen molar-refractivity contribution in [2.45, 2.75) is 38.6 Å². The molecule has 0 aromatic rings. The van der Waals surface area contributed by atoms with E-state index in [9.17, 15) is 14.7 Å². The molecular weight excluding hydrogens is 258 g/mol. The molecule has 20 heavy (non-hydrogen) atoms. The number of urea groups is 1. The monoisotopic (exact) mass is 285 g/mol. The Bertz CT molecular complexity index is 362. The summed E-state index contributed by atoms with van der Waals surface area (Å²) in [6.45, 7) is 6.18. The number of aliphatic carboxylic acids is 1. The Kier molecular flexibility index (Phi) is 5.80. The van der Waals surface area contributed by atoms with Gasteiger partial charge in [-0.3, -0.25) is 0 Å². The van der Waals surface area contributed by atoms with E-state index in [0.29, 0.717) is 25.3 Å². The van der Waals surface area contributed by atoms with Crippen LogP contribution in [0.3, 0.4) is 0 Å². The first-order chi connectivity index (χ1) is 9.28. The number of nitrogens with one attached hydrogen (secondary N) is 1. The van der Waals surface area contributed by atoms with Crippen LogP contribution in [0.5, 0.6) is 0 Å². The Morgan fingerprint density at radius 2 is 2.15 bits per heavy atom. The van der Waals surface area contributed by atoms with Crippen LogP contribution in [0.1, 0.15) is 33.1 Å². The summed E-state index contributed by atoms with van der Waals surface area (Å²) in [5.41, 5.74) is -1.19. The molecule has 0 radical (unpaired) electrons. The molecule has 2 atom stereocenters. The van der Waals surface area contributed by atoms with E-state index in [-0.39, 0.29) is 6.03 Å². The molecule has 0 bridgehead atoms. The van der Waals surface area contributed by atoms with E-state index in [0.717, 1.165) is 19.5 Å². The summed E-state index contributed by atoms with van der Waals surface area (Å²) in [5.74, 6) is -0.514. The molecule has 0 aliphatic carbocycles. The highest BCUT2D eigenvalue weighted by Gasteiger charge is 2.35. The van der Waals surface area contributed by atoms with Crippen LogP contribution >= 0.6 is 0 Å². The van der Waals surface area contributed by atoms with Gasteiger partial charge < -0.3 is 20.2 Å². The predicted octanol–water partition coefficient (Wildman–Crippen LogP) is 1.22. The van der Waals surface area contributed by atoms with Gasteiger partial charge in [0, 0.05) is 20.1 Å². The molecule has 2 amide bonds. The number of rotatable bonds is 6. The minimum absolute atomic E-state index is 0.307. The second kappa shape index (κ2) is 6.92. The van der Waals surface area contributed by atoms with Gasteiger partial charge in [-0.15, -0.1) is 0 Å². The van der Waals surface area contributed by atoms with Crippen LogP contribution in [-0.4, -0.2) is 66.2 Å². The second-order valence-corrected chi connectivity index (χ2v) is 6.11. The summed E-state index contributed by atoms with van der Waals surface area (Å²) < 4.78 is 0. The van der Waals surface area contributed by atoms with Crippen LogP contribution < -0.4 is 5.32 Å². The van der Waals surface area contributed by atoms with Crippen molar-refractivity contribution in [3.8, 4) is 0 Å². The number of nitrogens with zero attached hydrogens (tertiary/aromatic N) is 2. The Morgan fingerprint density at radius 3 is 2.60 bits per heavy atom. The van der Waals surface area contributed by atoms with Gasteiger partial charge in [0.25, 0.3) is 0 Å². The lowest BCUT2D eigenvalue weighted by atomic mass is 9.96. The molecule has 0 saturated carbocycles. The molecule has 1 aliphatic heterocycles. The fourth-order valence-electron chi connectivity index (χ4n) is 2.70. The van der Waals surface area contributed by atoms with Crippen molar-refractivity contribution in [1.82, 2.24) is 15.1 Å². The number of carbonyl (C=O) groups excluding carboxylic acids is 1. The topological polar surface area (TPSA) is 72.9 Å². The number of likely N-dealkylation sites (tertiary alicyclic amines) is 1. The molecule has 0 aromatic carbocycles. The highest BCUT2D eigenvalue weighted by Crippen LogP contribution is 2.16. The third-order valence-electron chi connectivity index (χ3n) is 3.97. The smallest absolute Gasteiger partial charge is 0.329 e. The molecule has 0 spiro atoms. The van der Waals surface area contributed by atoms with Crippen molar-refractivity contribution in [1.29, 1.82) is 0 Å². The van der Waals surface area contributed by atoms with Gasteiger partial charge in [0.05, 0.1) is 0 Å². The molecule has 1 aliphatic rings. The van der Waals surface area contributed by atoms with Crippen molar-refractivity contribution in [3.63, 3.8) is 0 Å². The van der Waals surface area contributed by atoms with E-state index in [1.54, 1.807) is 18.9 Å². The van der Waals surface area contributed by atoms with Gasteiger partial charge in [0.2, 0.25) is 0 Å². The Hall–Kier alpha value is -1.30. The molecule has 2 unspecified atom stereocenters. The Labute approximate surface area is 121 Å². The van der Waals surface area contributed by atoms with Gasteiger partial charge in [0.1, 0.15) is 5.54 Å². The third-order valence-corrected chi connectivity index (χ3v) is 3.97. The van der Waals surface area contributed by atoms with E-state index in [1.165, 1.54) is 0 Å². The van der Waals surface area contributed by atoms with Gasteiger partial charge in [-0.2, -0.15) is 0 Å². The second-order valence-electron chi connectivity index (χ2n) is 6.11. The normalized spacial score (nSPS) is 22.3. The third kappa shape index (κ3) is 4.37. The maximum Gasteiger partial charge on any atom is 0.329 e.